The number of rotatable bonds is 4. The molecule has 0 spiro atoms. The second kappa shape index (κ2) is 5.36. The number of aryl methyl sites for hydroxylation is 1. The minimum atomic E-state index is 0.0995. The van der Waals surface area contributed by atoms with Gasteiger partial charge in [0.05, 0.1) is 6.04 Å². The summed E-state index contributed by atoms with van der Waals surface area (Å²) in [7, 11) is 1.81. The zero-order valence-electron chi connectivity index (χ0n) is 10.9. The number of amides is 1. The molecule has 1 amide bonds. The molecular formula is C15H17NOS. The lowest BCUT2D eigenvalue weighted by atomic mass is 9.98. The van der Waals surface area contributed by atoms with Crippen LogP contribution in [0.2, 0.25) is 0 Å². The summed E-state index contributed by atoms with van der Waals surface area (Å²) in [5.41, 5.74) is 3.64. The van der Waals surface area contributed by atoms with Gasteiger partial charge in [0.15, 0.2) is 0 Å². The third-order valence-electron chi connectivity index (χ3n) is 3.31. The van der Waals surface area contributed by atoms with Gasteiger partial charge in [-0.3, -0.25) is 4.79 Å². The van der Waals surface area contributed by atoms with Crippen LogP contribution in [-0.2, 0) is 4.79 Å². The van der Waals surface area contributed by atoms with E-state index in [9.17, 15) is 4.79 Å². The average molecular weight is 259 g/mol. The standard InChI is InChI=1S/C15H17NOS/c1-11-6-7-13(15-5-4-8-18-15)9-14(11)12(2)16(3)10-17/h4-10,12H,1-3H3. The number of thiophene rings is 1. The van der Waals surface area contributed by atoms with E-state index in [1.165, 1.54) is 21.6 Å². The summed E-state index contributed by atoms with van der Waals surface area (Å²) in [5, 5.41) is 2.08. The van der Waals surface area contributed by atoms with Crippen LogP contribution in [0.4, 0.5) is 0 Å². The Morgan fingerprint density at radius 2 is 2.11 bits per heavy atom. The molecule has 0 aliphatic carbocycles. The molecule has 0 aliphatic rings. The largest absolute Gasteiger partial charge is 0.342 e. The summed E-state index contributed by atoms with van der Waals surface area (Å²) in [4.78, 5) is 13.8. The highest BCUT2D eigenvalue weighted by Gasteiger charge is 2.13. The molecule has 0 N–H and O–H groups in total. The molecule has 1 atom stereocenters. The van der Waals surface area contributed by atoms with Crippen molar-refractivity contribution in [3.63, 3.8) is 0 Å². The molecule has 1 aromatic heterocycles. The number of benzene rings is 1. The van der Waals surface area contributed by atoms with Crippen molar-refractivity contribution in [1.82, 2.24) is 4.90 Å². The van der Waals surface area contributed by atoms with Crippen LogP contribution in [-0.4, -0.2) is 18.4 Å². The number of hydrogen-bond acceptors (Lipinski definition) is 2. The quantitative estimate of drug-likeness (QED) is 0.763. The van der Waals surface area contributed by atoms with Crippen molar-refractivity contribution in [1.29, 1.82) is 0 Å². The average Bonchev–Trinajstić information content (AvgIpc) is 2.91. The molecule has 2 rings (SSSR count). The van der Waals surface area contributed by atoms with Gasteiger partial charge >= 0.3 is 0 Å². The summed E-state index contributed by atoms with van der Waals surface area (Å²) < 4.78 is 0. The first-order valence-electron chi connectivity index (χ1n) is 5.95. The van der Waals surface area contributed by atoms with Crippen molar-refractivity contribution in [2.75, 3.05) is 7.05 Å². The fraction of sp³-hybridized carbons (Fsp3) is 0.267. The summed E-state index contributed by atoms with van der Waals surface area (Å²) in [6.07, 6.45) is 0.877. The molecular weight excluding hydrogens is 242 g/mol. The van der Waals surface area contributed by atoms with Crippen molar-refractivity contribution in [3.8, 4) is 10.4 Å². The summed E-state index contributed by atoms with van der Waals surface area (Å²) in [5.74, 6) is 0. The van der Waals surface area contributed by atoms with E-state index in [-0.39, 0.29) is 6.04 Å². The van der Waals surface area contributed by atoms with Crippen LogP contribution in [0.5, 0.6) is 0 Å². The van der Waals surface area contributed by atoms with Crippen LogP contribution in [0.3, 0.4) is 0 Å². The topological polar surface area (TPSA) is 20.3 Å². The van der Waals surface area contributed by atoms with Crippen molar-refractivity contribution in [2.45, 2.75) is 19.9 Å². The van der Waals surface area contributed by atoms with E-state index >= 15 is 0 Å². The fourth-order valence-corrected chi connectivity index (χ4v) is 2.72. The molecule has 18 heavy (non-hydrogen) atoms. The Kier molecular flexibility index (Phi) is 3.82. The normalized spacial score (nSPS) is 12.2. The lowest BCUT2D eigenvalue weighted by Gasteiger charge is -2.23. The highest BCUT2D eigenvalue weighted by atomic mass is 32.1. The minimum Gasteiger partial charge on any atom is -0.342 e. The molecule has 3 heteroatoms. The molecule has 1 heterocycles. The van der Waals surface area contributed by atoms with Gasteiger partial charge < -0.3 is 4.90 Å². The van der Waals surface area contributed by atoms with E-state index in [0.717, 1.165) is 6.41 Å². The van der Waals surface area contributed by atoms with Crippen LogP contribution in [0, 0.1) is 6.92 Å². The molecule has 2 nitrogen and oxygen atoms in total. The van der Waals surface area contributed by atoms with Gasteiger partial charge in [-0.25, -0.2) is 0 Å². The maximum Gasteiger partial charge on any atom is 0.209 e. The molecule has 1 aromatic carbocycles. The molecule has 0 aliphatic heterocycles. The van der Waals surface area contributed by atoms with Crippen LogP contribution in [0.1, 0.15) is 24.1 Å². The Balaban J connectivity index is 2.41. The minimum absolute atomic E-state index is 0.0995. The Bertz CT molecular complexity index is 533. The Morgan fingerprint density at radius 1 is 1.33 bits per heavy atom. The smallest absolute Gasteiger partial charge is 0.209 e. The van der Waals surface area contributed by atoms with Gasteiger partial charge in [-0.2, -0.15) is 0 Å². The summed E-state index contributed by atoms with van der Waals surface area (Å²) in [6.45, 7) is 4.14. The molecule has 2 aromatic rings. The molecule has 94 valence electrons. The van der Waals surface area contributed by atoms with Crippen molar-refractivity contribution < 1.29 is 4.79 Å². The lowest BCUT2D eigenvalue weighted by molar-refractivity contribution is -0.118. The molecule has 0 saturated heterocycles. The Morgan fingerprint density at radius 3 is 2.72 bits per heavy atom. The van der Waals surface area contributed by atoms with E-state index in [1.807, 2.05) is 7.05 Å². The zero-order valence-corrected chi connectivity index (χ0v) is 11.7. The lowest BCUT2D eigenvalue weighted by Crippen LogP contribution is -2.21. The molecule has 0 bridgehead atoms. The molecule has 0 fully saturated rings. The molecule has 1 unspecified atom stereocenters. The first-order valence-corrected chi connectivity index (χ1v) is 6.83. The number of hydrogen-bond donors (Lipinski definition) is 0. The second-order valence-electron chi connectivity index (χ2n) is 4.50. The van der Waals surface area contributed by atoms with Crippen molar-refractivity contribution in [2.24, 2.45) is 0 Å². The van der Waals surface area contributed by atoms with Crippen LogP contribution in [0.15, 0.2) is 35.7 Å². The first kappa shape index (κ1) is 12.8. The zero-order chi connectivity index (χ0) is 13.1. The number of carbonyl (C=O) groups is 1. The SMILES string of the molecule is Cc1ccc(-c2cccs2)cc1C(C)N(C)C=O. The van der Waals surface area contributed by atoms with Gasteiger partial charge in [-0.15, -0.1) is 11.3 Å². The van der Waals surface area contributed by atoms with E-state index in [1.54, 1.807) is 16.2 Å². The molecule has 0 saturated carbocycles. The Labute approximate surface area is 112 Å². The summed E-state index contributed by atoms with van der Waals surface area (Å²) >= 11 is 1.73. The van der Waals surface area contributed by atoms with Gasteiger partial charge in [0.1, 0.15) is 0 Å². The van der Waals surface area contributed by atoms with Crippen LogP contribution >= 0.6 is 11.3 Å². The maximum atomic E-state index is 10.9. The van der Waals surface area contributed by atoms with E-state index in [2.05, 4.69) is 49.6 Å². The maximum absolute atomic E-state index is 10.9. The Hall–Kier alpha value is -1.61. The van der Waals surface area contributed by atoms with Gasteiger partial charge in [0.2, 0.25) is 6.41 Å². The van der Waals surface area contributed by atoms with Gasteiger partial charge in [0, 0.05) is 11.9 Å². The van der Waals surface area contributed by atoms with Gasteiger partial charge in [-0.05, 0) is 48.1 Å². The van der Waals surface area contributed by atoms with E-state index < -0.39 is 0 Å². The van der Waals surface area contributed by atoms with Crippen molar-refractivity contribution >= 4 is 17.7 Å². The van der Waals surface area contributed by atoms with Crippen LogP contribution in [0.25, 0.3) is 10.4 Å². The van der Waals surface area contributed by atoms with Gasteiger partial charge in [0.25, 0.3) is 0 Å². The summed E-state index contributed by atoms with van der Waals surface area (Å²) in [6, 6.07) is 10.7. The monoisotopic (exact) mass is 259 g/mol. The van der Waals surface area contributed by atoms with Gasteiger partial charge in [-0.1, -0.05) is 18.2 Å². The first-order chi connectivity index (χ1) is 8.63. The third kappa shape index (κ3) is 2.46. The fourth-order valence-electron chi connectivity index (χ4n) is 2.00. The highest BCUT2D eigenvalue weighted by Crippen LogP contribution is 2.30. The number of nitrogens with zero attached hydrogens (tertiary/aromatic N) is 1. The molecule has 0 radical (unpaired) electrons. The third-order valence-corrected chi connectivity index (χ3v) is 4.23. The van der Waals surface area contributed by atoms with Crippen LogP contribution < -0.4 is 0 Å². The number of carbonyl (C=O) groups excluding carboxylic acids is 1. The predicted octanol–water partition coefficient (Wildman–Crippen LogP) is 3.87. The predicted molar refractivity (Wildman–Crippen MR) is 76.7 cm³/mol. The highest BCUT2D eigenvalue weighted by molar-refractivity contribution is 7.13. The second-order valence-corrected chi connectivity index (χ2v) is 5.44. The van der Waals surface area contributed by atoms with Crippen molar-refractivity contribution in [3.05, 3.63) is 46.8 Å². The van der Waals surface area contributed by atoms with E-state index in [0.29, 0.717) is 0 Å². The van der Waals surface area contributed by atoms with E-state index in [4.69, 9.17) is 0 Å².